The van der Waals surface area contributed by atoms with Crippen molar-refractivity contribution >= 4 is 11.6 Å². The van der Waals surface area contributed by atoms with Crippen molar-refractivity contribution in [3.8, 4) is 5.75 Å². The van der Waals surface area contributed by atoms with Gasteiger partial charge in [-0.2, -0.15) is 0 Å². The maximum absolute atomic E-state index is 5.86. The van der Waals surface area contributed by atoms with E-state index in [-0.39, 0.29) is 11.5 Å². The molecular weight excluding hydrogens is 200 g/mol. The van der Waals surface area contributed by atoms with Crippen LogP contribution in [0, 0.1) is 0 Å². The number of halogens is 1. The van der Waals surface area contributed by atoms with Gasteiger partial charge in [0, 0.05) is 18.8 Å². The van der Waals surface area contributed by atoms with Gasteiger partial charge in [0.15, 0.2) is 0 Å². The van der Waals surface area contributed by atoms with Crippen LogP contribution in [0.2, 0.25) is 5.02 Å². The zero-order valence-corrected chi connectivity index (χ0v) is 8.42. The van der Waals surface area contributed by atoms with Crippen LogP contribution in [-0.2, 0) is 0 Å². The van der Waals surface area contributed by atoms with Crippen molar-refractivity contribution in [3.05, 3.63) is 23.0 Å². The molecular formula is C10H11ClN2O. The molecule has 0 unspecified atom stereocenters. The van der Waals surface area contributed by atoms with Gasteiger partial charge in [0.2, 0.25) is 0 Å². The van der Waals surface area contributed by atoms with Crippen LogP contribution in [0.5, 0.6) is 5.75 Å². The molecule has 2 aliphatic rings. The topological polar surface area (TPSA) is 48.1 Å². The molecule has 0 amide bonds. The van der Waals surface area contributed by atoms with Crippen LogP contribution in [0.3, 0.4) is 0 Å². The first-order valence-corrected chi connectivity index (χ1v) is 5.17. The smallest absolute Gasteiger partial charge is 0.143 e. The monoisotopic (exact) mass is 210 g/mol. The van der Waals surface area contributed by atoms with Crippen LogP contribution in [0.15, 0.2) is 12.3 Å². The number of rotatable bonds is 1. The third-order valence-corrected chi connectivity index (χ3v) is 3.31. The van der Waals surface area contributed by atoms with Crippen LogP contribution in [0.25, 0.3) is 0 Å². The second-order valence-corrected chi connectivity index (χ2v) is 4.43. The minimum absolute atomic E-state index is 0.0330. The predicted molar refractivity (Wildman–Crippen MR) is 53.6 cm³/mol. The number of aromatic nitrogens is 1. The van der Waals surface area contributed by atoms with Gasteiger partial charge in [-0.1, -0.05) is 11.6 Å². The average Bonchev–Trinajstić information content (AvgIpc) is 2.81. The van der Waals surface area contributed by atoms with Gasteiger partial charge in [0.05, 0.1) is 16.6 Å². The molecule has 2 heterocycles. The third-order valence-electron chi connectivity index (χ3n) is 3.11. The Labute approximate surface area is 87.2 Å². The highest BCUT2D eigenvalue weighted by atomic mass is 35.5. The third kappa shape index (κ3) is 0.996. The Hall–Kier alpha value is -0.800. The molecule has 3 rings (SSSR count). The number of nitrogens with zero attached hydrogens (tertiary/aromatic N) is 1. The first kappa shape index (κ1) is 8.50. The molecule has 2 N–H and O–H groups in total. The fourth-order valence-corrected chi connectivity index (χ4v) is 2.36. The van der Waals surface area contributed by atoms with E-state index in [9.17, 15) is 0 Å². The average molecular weight is 211 g/mol. The quantitative estimate of drug-likeness (QED) is 0.768. The van der Waals surface area contributed by atoms with Crippen LogP contribution in [0.1, 0.15) is 24.5 Å². The number of hydrogen-bond acceptors (Lipinski definition) is 3. The number of pyridine rings is 1. The Morgan fingerprint density at radius 2 is 2.43 bits per heavy atom. The SMILES string of the molecule is NC[C@H]1c2ncc(Cl)cc2OC12CC2. The maximum Gasteiger partial charge on any atom is 0.143 e. The van der Waals surface area contributed by atoms with E-state index in [1.54, 1.807) is 6.20 Å². The van der Waals surface area contributed by atoms with Gasteiger partial charge in [0.25, 0.3) is 0 Å². The van der Waals surface area contributed by atoms with Gasteiger partial charge in [-0.05, 0) is 12.8 Å². The van der Waals surface area contributed by atoms with Crippen molar-refractivity contribution in [1.82, 2.24) is 4.98 Å². The van der Waals surface area contributed by atoms with E-state index < -0.39 is 0 Å². The molecule has 1 saturated carbocycles. The van der Waals surface area contributed by atoms with Crippen molar-refractivity contribution in [2.45, 2.75) is 24.4 Å². The van der Waals surface area contributed by atoms with E-state index in [4.69, 9.17) is 22.1 Å². The molecule has 4 heteroatoms. The van der Waals surface area contributed by atoms with Gasteiger partial charge in [-0.3, -0.25) is 4.98 Å². The van der Waals surface area contributed by atoms with Gasteiger partial charge in [-0.15, -0.1) is 0 Å². The first-order chi connectivity index (χ1) is 6.75. The van der Waals surface area contributed by atoms with Gasteiger partial charge in [0.1, 0.15) is 11.4 Å². The van der Waals surface area contributed by atoms with E-state index in [1.807, 2.05) is 6.07 Å². The van der Waals surface area contributed by atoms with E-state index >= 15 is 0 Å². The lowest BCUT2D eigenvalue weighted by molar-refractivity contribution is 0.184. The molecule has 1 aromatic rings. The lowest BCUT2D eigenvalue weighted by atomic mass is 9.98. The zero-order valence-electron chi connectivity index (χ0n) is 7.66. The molecule has 1 aromatic heterocycles. The van der Waals surface area contributed by atoms with Gasteiger partial charge < -0.3 is 10.5 Å². The fourth-order valence-electron chi connectivity index (χ4n) is 2.21. The molecule has 1 spiro atoms. The van der Waals surface area contributed by atoms with Crippen LogP contribution >= 0.6 is 11.6 Å². The van der Waals surface area contributed by atoms with E-state index in [0.717, 1.165) is 24.3 Å². The van der Waals surface area contributed by atoms with Crippen LogP contribution < -0.4 is 10.5 Å². The number of fused-ring (bicyclic) bond motifs is 1. The summed E-state index contributed by atoms with van der Waals surface area (Å²) >= 11 is 5.85. The Morgan fingerprint density at radius 1 is 1.64 bits per heavy atom. The number of ether oxygens (including phenoxy) is 1. The molecule has 0 saturated heterocycles. The largest absolute Gasteiger partial charge is 0.485 e. The van der Waals surface area contributed by atoms with Crippen molar-refractivity contribution < 1.29 is 4.74 Å². The summed E-state index contributed by atoms with van der Waals surface area (Å²) in [4.78, 5) is 4.31. The highest BCUT2D eigenvalue weighted by Crippen LogP contribution is 2.56. The first-order valence-electron chi connectivity index (χ1n) is 4.80. The molecule has 14 heavy (non-hydrogen) atoms. The lowest BCUT2D eigenvalue weighted by Crippen LogP contribution is -2.27. The van der Waals surface area contributed by atoms with E-state index in [2.05, 4.69) is 4.98 Å². The Bertz CT molecular complexity index is 390. The number of nitrogens with two attached hydrogens (primary N) is 1. The van der Waals surface area contributed by atoms with Crippen molar-refractivity contribution in [2.75, 3.05) is 6.54 Å². The summed E-state index contributed by atoms with van der Waals surface area (Å²) in [7, 11) is 0. The molecule has 1 aliphatic heterocycles. The highest BCUT2D eigenvalue weighted by Gasteiger charge is 2.57. The second-order valence-electron chi connectivity index (χ2n) is 3.99. The summed E-state index contributed by atoms with van der Waals surface area (Å²) in [5.74, 6) is 1.08. The van der Waals surface area contributed by atoms with Crippen molar-refractivity contribution in [2.24, 2.45) is 5.73 Å². The molecule has 1 atom stereocenters. The highest BCUT2D eigenvalue weighted by molar-refractivity contribution is 6.30. The minimum atomic E-state index is -0.0330. The zero-order chi connectivity index (χ0) is 9.76. The molecule has 3 nitrogen and oxygen atoms in total. The predicted octanol–water partition coefficient (Wildman–Crippen LogP) is 1.70. The normalized spacial score (nSPS) is 26.0. The summed E-state index contributed by atoms with van der Waals surface area (Å²) in [5.41, 5.74) is 6.70. The van der Waals surface area contributed by atoms with Gasteiger partial charge in [-0.25, -0.2) is 0 Å². The Kier molecular flexibility index (Phi) is 1.59. The fraction of sp³-hybridized carbons (Fsp3) is 0.500. The van der Waals surface area contributed by atoms with Gasteiger partial charge >= 0.3 is 0 Å². The summed E-state index contributed by atoms with van der Waals surface area (Å²) in [6.45, 7) is 0.599. The molecule has 74 valence electrons. The molecule has 0 bridgehead atoms. The summed E-state index contributed by atoms with van der Waals surface area (Å²) < 4.78 is 5.86. The number of hydrogen-bond donors (Lipinski definition) is 1. The van der Waals surface area contributed by atoms with E-state index in [1.165, 1.54) is 0 Å². The summed E-state index contributed by atoms with van der Waals surface area (Å²) in [6, 6.07) is 1.83. The maximum atomic E-state index is 5.86. The van der Waals surface area contributed by atoms with Crippen LogP contribution in [0.4, 0.5) is 0 Å². The standard InChI is InChI=1S/C10H11ClN2O/c11-6-3-8-9(13-5-6)7(4-12)10(14-8)1-2-10/h3,5,7H,1-2,4,12H2/t7-/m0/s1. The summed E-state index contributed by atoms with van der Waals surface area (Å²) in [5, 5.41) is 0.622. The second kappa shape index (κ2) is 2.61. The molecule has 0 aromatic carbocycles. The minimum Gasteiger partial charge on any atom is -0.485 e. The Morgan fingerprint density at radius 3 is 3.07 bits per heavy atom. The van der Waals surface area contributed by atoms with Crippen molar-refractivity contribution in [3.63, 3.8) is 0 Å². The molecule has 0 radical (unpaired) electrons. The molecule has 1 aliphatic carbocycles. The molecule has 1 fully saturated rings. The lowest BCUT2D eigenvalue weighted by Gasteiger charge is -2.14. The Balaban J connectivity index is 2.08. The summed E-state index contributed by atoms with van der Waals surface area (Å²) in [6.07, 6.45) is 3.83. The van der Waals surface area contributed by atoms with Crippen LogP contribution in [-0.4, -0.2) is 17.1 Å². The van der Waals surface area contributed by atoms with E-state index in [0.29, 0.717) is 11.6 Å². The van der Waals surface area contributed by atoms with Crippen molar-refractivity contribution in [1.29, 1.82) is 0 Å².